The molecule has 1 fully saturated rings. The SMILES string of the molecule is O=C1/C(=C/c2ccco2)C(=O)N(c2ccc(Br)cc2)C(=S)N1c1ccccc1. The molecule has 0 atom stereocenters. The second-order valence-electron chi connectivity index (χ2n) is 5.95. The molecule has 0 aliphatic carbocycles. The van der Waals surface area contributed by atoms with Gasteiger partial charge in [-0.05, 0) is 66.8 Å². The van der Waals surface area contributed by atoms with Gasteiger partial charge in [-0.15, -0.1) is 0 Å². The molecule has 0 N–H and O–H groups in total. The van der Waals surface area contributed by atoms with Gasteiger partial charge < -0.3 is 4.42 Å². The van der Waals surface area contributed by atoms with Crippen LogP contribution in [0.2, 0.25) is 0 Å². The number of benzene rings is 2. The average Bonchev–Trinajstić information content (AvgIpc) is 3.21. The van der Waals surface area contributed by atoms with Crippen molar-refractivity contribution in [1.82, 2.24) is 0 Å². The molecule has 1 aliphatic rings. The Morgan fingerprint density at radius 1 is 0.821 bits per heavy atom. The second-order valence-corrected chi connectivity index (χ2v) is 7.23. The van der Waals surface area contributed by atoms with Crippen LogP contribution < -0.4 is 9.80 Å². The molecule has 138 valence electrons. The monoisotopic (exact) mass is 452 g/mol. The highest BCUT2D eigenvalue weighted by Crippen LogP contribution is 2.30. The summed E-state index contributed by atoms with van der Waals surface area (Å²) in [5.41, 5.74) is 1.12. The van der Waals surface area contributed by atoms with Crippen molar-refractivity contribution < 1.29 is 14.0 Å². The molecular formula is C21H13BrN2O3S. The summed E-state index contributed by atoms with van der Waals surface area (Å²) in [4.78, 5) is 29.1. The van der Waals surface area contributed by atoms with Crippen LogP contribution in [0.5, 0.6) is 0 Å². The Kier molecular flexibility index (Phi) is 4.93. The van der Waals surface area contributed by atoms with Gasteiger partial charge in [0.2, 0.25) is 0 Å². The van der Waals surface area contributed by atoms with E-state index in [0.717, 1.165) is 4.47 Å². The van der Waals surface area contributed by atoms with Crippen LogP contribution in [0.15, 0.2) is 87.5 Å². The topological polar surface area (TPSA) is 53.8 Å². The van der Waals surface area contributed by atoms with Crippen molar-refractivity contribution in [1.29, 1.82) is 0 Å². The summed E-state index contributed by atoms with van der Waals surface area (Å²) in [6.45, 7) is 0. The molecule has 0 spiro atoms. The third-order valence-electron chi connectivity index (χ3n) is 4.18. The molecule has 7 heteroatoms. The van der Waals surface area contributed by atoms with Crippen molar-refractivity contribution >= 4 is 62.5 Å². The molecule has 0 saturated carbocycles. The summed E-state index contributed by atoms with van der Waals surface area (Å²) in [6, 6.07) is 19.5. The van der Waals surface area contributed by atoms with Crippen molar-refractivity contribution in [2.45, 2.75) is 0 Å². The molecule has 1 aliphatic heterocycles. The predicted molar refractivity (Wildman–Crippen MR) is 115 cm³/mol. The number of nitrogens with zero attached hydrogens (tertiary/aromatic N) is 2. The van der Waals surface area contributed by atoms with Crippen LogP contribution in [0, 0.1) is 0 Å². The largest absolute Gasteiger partial charge is 0.465 e. The minimum absolute atomic E-state index is 0.0321. The van der Waals surface area contributed by atoms with Crippen LogP contribution in [0.3, 0.4) is 0 Å². The van der Waals surface area contributed by atoms with Gasteiger partial charge in [0.1, 0.15) is 11.3 Å². The molecule has 4 rings (SSSR count). The Balaban J connectivity index is 1.86. The lowest BCUT2D eigenvalue weighted by atomic mass is 10.1. The Morgan fingerprint density at radius 2 is 1.43 bits per heavy atom. The maximum atomic E-state index is 13.2. The lowest BCUT2D eigenvalue weighted by Gasteiger charge is -2.36. The van der Waals surface area contributed by atoms with Crippen LogP contribution >= 0.6 is 28.1 Å². The number of hydrogen-bond donors (Lipinski definition) is 0. The number of hydrogen-bond acceptors (Lipinski definition) is 4. The molecule has 0 unspecified atom stereocenters. The fraction of sp³-hybridized carbons (Fsp3) is 0. The molecule has 5 nitrogen and oxygen atoms in total. The molecule has 2 aromatic carbocycles. The van der Waals surface area contributed by atoms with E-state index in [0.29, 0.717) is 17.1 Å². The van der Waals surface area contributed by atoms with E-state index in [9.17, 15) is 9.59 Å². The Hall–Kier alpha value is -3.03. The van der Waals surface area contributed by atoms with Gasteiger partial charge in [0.05, 0.1) is 17.6 Å². The van der Waals surface area contributed by atoms with Crippen molar-refractivity contribution in [3.8, 4) is 0 Å². The van der Waals surface area contributed by atoms with Crippen LogP contribution in [0.25, 0.3) is 6.08 Å². The van der Waals surface area contributed by atoms with Gasteiger partial charge >= 0.3 is 0 Å². The van der Waals surface area contributed by atoms with E-state index in [1.54, 1.807) is 36.4 Å². The van der Waals surface area contributed by atoms with Gasteiger partial charge in [-0.3, -0.25) is 19.4 Å². The molecule has 0 bridgehead atoms. The molecule has 1 saturated heterocycles. The van der Waals surface area contributed by atoms with Gasteiger partial charge in [-0.2, -0.15) is 0 Å². The molecule has 0 radical (unpaired) electrons. The quantitative estimate of drug-likeness (QED) is 0.325. The van der Waals surface area contributed by atoms with Gasteiger partial charge in [0, 0.05) is 4.47 Å². The normalized spacial score (nSPS) is 16.2. The smallest absolute Gasteiger partial charge is 0.270 e. The number of carbonyl (C=O) groups is 2. The molecule has 1 aromatic heterocycles. The number of thiocarbonyl (C=S) groups is 1. The average molecular weight is 453 g/mol. The number of amides is 2. The maximum absolute atomic E-state index is 13.2. The number of furan rings is 1. The van der Waals surface area contributed by atoms with Crippen molar-refractivity contribution in [3.05, 3.63) is 88.8 Å². The first-order valence-electron chi connectivity index (χ1n) is 8.35. The standard InChI is InChI=1S/C21H13BrN2O3S/c22-14-8-10-16(11-9-14)24-20(26)18(13-17-7-4-12-27-17)19(25)23(21(24)28)15-5-2-1-3-6-15/h1-13H/b18-13-. The van der Waals surface area contributed by atoms with Crippen molar-refractivity contribution in [3.63, 3.8) is 0 Å². The first-order valence-corrected chi connectivity index (χ1v) is 9.55. The van der Waals surface area contributed by atoms with Crippen LogP contribution in [0.4, 0.5) is 11.4 Å². The minimum atomic E-state index is -0.499. The highest BCUT2D eigenvalue weighted by atomic mass is 79.9. The van der Waals surface area contributed by atoms with E-state index in [1.165, 1.54) is 22.1 Å². The molecule has 28 heavy (non-hydrogen) atoms. The van der Waals surface area contributed by atoms with Crippen molar-refractivity contribution in [2.75, 3.05) is 9.80 Å². The zero-order chi connectivity index (χ0) is 19.7. The van der Waals surface area contributed by atoms with E-state index in [2.05, 4.69) is 15.9 Å². The molecule has 2 amide bonds. The molecular weight excluding hydrogens is 440 g/mol. The number of rotatable bonds is 3. The third kappa shape index (κ3) is 3.30. The highest BCUT2D eigenvalue weighted by molar-refractivity contribution is 9.10. The number of para-hydroxylation sites is 1. The third-order valence-corrected chi connectivity index (χ3v) is 5.07. The van der Waals surface area contributed by atoms with E-state index in [4.69, 9.17) is 16.6 Å². The Morgan fingerprint density at radius 3 is 2.00 bits per heavy atom. The zero-order valence-electron chi connectivity index (χ0n) is 14.4. The van der Waals surface area contributed by atoms with Gasteiger partial charge in [-0.25, -0.2) is 0 Å². The minimum Gasteiger partial charge on any atom is -0.465 e. The zero-order valence-corrected chi connectivity index (χ0v) is 16.8. The predicted octanol–water partition coefficient (Wildman–Crippen LogP) is 4.79. The van der Waals surface area contributed by atoms with Gasteiger partial charge in [0.15, 0.2) is 5.11 Å². The summed E-state index contributed by atoms with van der Waals surface area (Å²) in [6.07, 6.45) is 2.92. The fourth-order valence-electron chi connectivity index (χ4n) is 2.87. The van der Waals surface area contributed by atoms with Gasteiger partial charge in [0.25, 0.3) is 11.8 Å². The number of halogens is 1. The first-order chi connectivity index (χ1) is 13.6. The van der Waals surface area contributed by atoms with Crippen LogP contribution in [-0.2, 0) is 9.59 Å². The summed E-state index contributed by atoms with van der Waals surface area (Å²) in [7, 11) is 0. The highest BCUT2D eigenvalue weighted by Gasteiger charge is 2.41. The Labute approximate surface area is 175 Å². The maximum Gasteiger partial charge on any atom is 0.270 e. The van der Waals surface area contributed by atoms with Crippen molar-refractivity contribution in [2.24, 2.45) is 0 Å². The van der Waals surface area contributed by atoms with E-state index < -0.39 is 11.8 Å². The van der Waals surface area contributed by atoms with E-state index in [-0.39, 0.29) is 10.7 Å². The van der Waals surface area contributed by atoms with Crippen LogP contribution in [0.1, 0.15) is 5.76 Å². The molecule has 2 heterocycles. The summed E-state index contributed by atoms with van der Waals surface area (Å²) in [5, 5.41) is 0.0973. The van der Waals surface area contributed by atoms with E-state index >= 15 is 0 Å². The van der Waals surface area contributed by atoms with E-state index in [1.807, 2.05) is 30.3 Å². The number of anilines is 2. The number of carbonyl (C=O) groups excluding carboxylic acids is 2. The summed E-state index contributed by atoms with van der Waals surface area (Å²) >= 11 is 8.93. The fourth-order valence-corrected chi connectivity index (χ4v) is 3.51. The second kappa shape index (κ2) is 7.53. The lowest BCUT2D eigenvalue weighted by Crippen LogP contribution is -2.56. The lowest BCUT2D eigenvalue weighted by molar-refractivity contribution is -0.120. The first kappa shape index (κ1) is 18.3. The van der Waals surface area contributed by atoms with Gasteiger partial charge in [-0.1, -0.05) is 34.1 Å². The molecule has 3 aromatic rings. The van der Waals surface area contributed by atoms with Crippen LogP contribution in [-0.4, -0.2) is 16.9 Å². The summed E-state index contributed by atoms with van der Waals surface area (Å²) < 4.78 is 6.17. The Bertz CT molecular complexity index is 1080. The summed E-state index contributed by atoms with van der Waals surface area (Å²) in [5.74, 6) is -0.583.